The molecule has 5 nitrogen and oxygen atoms in total. The number of nitrogen functional groups attached to an aromatic ring is 1. The maximum Gasteiger partial charge on any atom is 0.248 e. The predicted octanol–water partition coefficient (Wildman–Crippen LogP) is 1.12. The van der Waals surface area contributed by atoms with E-state index in [9.17, 15) is 4.79 Å². The summed E-state index contributed by atoms with van der Waals surface area (Å²) < 4.78 is 0. The Labute approximate surface area is 113 Å². The number of likely N-dealkylation sites (tertiary alicyclic amines) is 1. The van der Waals surface area contributed by atoms with E-state index in [1.54, 1.807) is 12.1 Å². The van der Waals surface area contributed by atoms with E-state index >= 15 is 0 Å². The van der Waals surface area contributed by atoms with E-state index in [1.165, 1.54) is 19.4 Å². The second-order valence-electron chi connectivity index (χ2n) is 5.32. The molecule has 2 rings (SSSR count). The monoisotopic (exact) mass is 262 g/mol. The largest absolute Gasteiger partial charge is 0.397 e. The molecular weight excluding hydrogens is 240 g/mol. The van der Waals surface area contributed by atoms with Crippen molar-refractivity contribution in [1.82, 2.24) is 4.90 Å². The second kappa shape index (κ2) is 5.93. The van der Waals surface area contributed by atoms with Crippen LogP contribution >= 0.6 is 0 Å². The van der Waals surface area contributed by atoms with Gasteiger partial charge < -0.3 is 21.7 Å². The molecule has 1 heterocycles. The summed E-state index contributed by atoms with van der Waals surface area (Å²) in [7, 11) is 2.15. The van der Waals surface area contributed by atoms with E-state index < -0.39 is 5.91 Å². The average molecular weight is 262 g/mol. The highest BCUT2D eigenvalue weighted by Gasteiger charge is 2.17. The maximum atomic E-state index is 11.0. The SMILES string of the molecule is CN1CCCC(CNc2ccc(C(N)=O)cc2N)C1. The van der Waals surface area contributed by atoms with Gasteiger partial charge in [0.15, 0.2) is 0 Å². The summed E-state index contributed by atoms with van der Waals surface area (Å²) in [6.07, 6.45) is 2.50. The minimum absolute atomic E-state index is 0.445. The van der Waals surface area contributed by atoms with Crippen molar-refractivity contribution >= 4 is 17.3 Å². The van der Waals surface area contributed by atoms with Gasteiger partial charge >= 0.3 is 0 Å². The number of benzene rings is 1. The van der Waals surface area contributed by atoms with Gasteiger partial charge in [0.2, 0.25) is 5.91 Å². The van der Waals surface area contributed by atoms with Gasteiger partial charge in [0.1, 0.15) is 0 Å². The van der Waals surface area contributed by atoms with E-state index in [0.29, 0.717) is 17.2 Å². The molecule has 1 aromatic carbocycles. The Morgan fingerprint density at radius 1 is 1.53 bits per heavy atom. The van der Waals surface area contributed by atoms with E-state index in [0.717, 1.165) is 18.8 Å². The normalized spacial score (nSPS) is 20.2. The molecule has 0 spiro atoms. The number of hydrogen-bond donors (Lipinski definition) is 3. The van der Waals surface area contributed by atoms with Crippen molar-refractivity contribution in [2.75, 3.05) is 37.7 Å². The number of rotatable bonds is 4. The summed E-state index contributed by atoms with van der Waals surface area (Å²) in [5, 5.41) is 3.37. The van der Waals surface area contributed by atoms with Crippen LogP contribution in [0.25, 0.3) is 0 Å². The number of carbonyl (C=O) groups is 1. The molecule has 104 valence electrons. The number of nitrogens with one attached hydrogen (secondary N) is 1. The Kier molecular flexibility index (Phi) is 4.27. The van der Waals surface area contributed by atoms with Gasteiger partial charge in [-0.3, -0.25) is 4.79 Å². The summed E-state index contributed by atoms with van der Waals surface area (Å²) in [6, 6.07) is 5.15. The fraction of sp³-hybridized carbons (Fsp3) is 0.500. The minimum Gasteiger partial charge on any atom is -0.397 e. The van der Waals surface area contributed by atoms with Gasteiger partial charge in [0, 0.05) is 18.7 Å². The molecule has 5 N–H and O–H groups in total. The third-order valence-electron chi connectivity index (χ3n) is 3.64. The number of carbonyl (C=O) groups excluding carboxylic acids is 1. The summed E-state index contributed by atoms with van der Waals surface area (Å²) in [6.45, 7) is 3.21. The van der Waals surface area contributed by atoms with Gasteiger partial charge in [0.25, 0.3) is 0 Å². The zero-order valence-electron chi connectivity index (χ0n) is 11.4. The summed E-state index contributed by atoms with van der Waals surface area (Å²) in [5.41, 5.74) is 13.0. The van der Waals surface area contributed by atoms with Crippen molar-refractivity contribution in [3.05, 3.63) is 23.8 Å². The van der Waals surface area contributed by atoms with Gasteiger partial charge in [-0.25, -0.2) is 0 Å². The molecule has 0 bridgehead atoms. The van der Waals surface area contributed by atoms with Crippen LogP contribution in [0.4, 0.5) is 11.4 Å². The Bertz CT molecular complexity index is 461. The Morgan fingerprint density at radius 3 is 2.95 bits per heavy atom. The van der Waals surface area contributed by atoms with Crippen LogP contribution in [0.15, 0.2) is 18.2 Å². The first-order valence-corrected chi connectivity index (χ1v) is 6.68. The highest BCUT2D eigenvalue weighted by molar-refractivity contribution is 5.94. The third kappa shape index (κ3) is 3.61. The molecule has 0 radical (unpaired) electrons. The Hall–Kier alpha value is -1.75. The molecule has 1 unspecified atom stereocenters. The smallest absolute Gasteiger partial charge is 0.248 e. The highest BCUT2D eigenvalue weighted by atomic mass is 16.1. The second-order valence-corrected chi connectivity index (χ2v) is 5.32. The minimum atomic E-state index is -0.452. The fourth-order valence-corrected chi connectivity index (χ4v) is 2.57. The molecule has 1 atom stereocenters. The zero-order valence-corrected chi connectivity index (χ0v) is 11.4. The first-order valence-electron chi connectivity index (χ1n) is 6.68. The molecule has 0 aliphatic carbocycles. The quantitative estimate of drug-likeness (QED) is 0.710. The van der Waals surface area contributed by atoms with Crippen LogP contribution in [0.5, 0.6) is 0 Å². The number of nitrogens with zero attached hydrogens (tertiary/aromatic N) is 1. The number of primary amides is 1. The summed E-state index contributed by atoms with van der Waals surface area (Å²) in [4.78, 5) is 13.4. The Morgan fingerprint density at radius 2 is 2.32 bits per heavy atom. The molecule has 1 aliphatic heterocycles. The van der Waals surface area contributed by atoms with Crippen molar-refractivity contribution in [1.29, 1.82) is 0 Å². The first kappa shape index (κ1) is 13.7. The van der Waals surface area contributed by atoms with E-state index in [-0.39, 0.29) is 0 Å². The lowest BCUT2D eigenvalue weighted by atomic mass is 9.98. The summed E-state index contributed by atoms with van der Waals surface area (Å²) in [5.74, 6) is 0.195. The van der Waals surface area contributed by atoms with Gasteiger partial charge in [-0.1, -0.05) is 0 Å². The van der Waals surface area contributed by atoms with Crippen LogP contribution < -0.4 is 16.8 Å². The van der Waals surface area contributed by atoms with Crippen molar-refractivity contribution in [3.8, 4) is 0 Å². The molecule has 1 saturated heterocycles. The van der Waals surface area contributed by atoms with Crippen LogP contribution in [0, 0.1) is 5.92 Å². The van der Waals surface area contributed by atoms with Crippen molar-refractivity contribution < 1.29 is 4.79 Å². The maximum absolute atomic E-state index is 11.0. The molecular formula is C14H22N4O. The topological polar surface area (TPSA) is 84.4 Å². The predicted molar refractivity (Wildman–Crippen MR) is 78.1 cm³/mol. The van der Waals surface area contributed by atoms with Crippen molar-refractivity contribution in [3.63, 3.8) is 0 Å². The molecule has 19 heavy (non-hydrogen) atoms. The van der Waals surface area contributed by atoms with Crippen LogP contribution in [0.3, 0.4) is 0 Å². The van der Waals surface area contributed by atoms with Crippen LogP contribution in [-0.4, -0.2) is 37.5 Å². The lowest BCUT2D eigenvalue weighted by Crippen LogP contribution is -2.35. The molecule has 1 aliphatic rings. The standard InChI is InChI=1S/C14H22N4O/c1-18-6-2-3-10(9-18)8-17-13-5-4-11(14(16)19)7-12(13)15/h4-5,7,10,17H,2-3,6,8-9,15H2,1H3,(H2,16,19). The third-order valence-corrected chi connectivity index (χ3v) is 3.64. The molecule has 1 amide bonds. The molecule has 5 heteroatoms. The average Bonchev–Trinajstić information content (AvgIpc) is 2.37. The van der Waals surface area contributed by atoms with E-state index in [4.69, 9.17) is 11.5 Å². The number of nitrogens with two attached hydrogens (primary N) is 2. The summed E-state index contributed by atoms with van der Waals surface area (Å²) >= 11 is 0. The fourth-order valence-electron chi connectivity index (χ4n) is 2.57. The number of anilines is 2. The lowest BCUT2D eigenvalue weighted by molar-refractivity contribution is 0.100. The van der Waals surface area contributed by atoms with Crippen LogP contribution in [0.1, 0.15) is 23.2 Å². The number of hydrogen-bond acceptors (Lipinski definition) is 4. The van der Waals surface area contributed by atoms with Crippen molar-refractivity contribution in [2.45, 2.75) is 12.8 Å². The van der Waals surface area contributed by atoms with E-state index in [1.807, 2.05) is 6.07 Å². The van der Waals surface area contributed by atoms with Crippen molar-refractivity contribution in [2.24, 2.45) is 11.7 Å². The van der Waals surface area contributed by atoms with Crippen LogP contribution in [-0.2, 0) is 0 Å². The van der Waals surface area contributed by atoms with Gasteiger partial charge in [-0.05, 0) is 50.6 Å². The van der Waals surface area contributed by atoms with Crippen LogP contribution in [0.2, 0.25) is 0 Å². The number of amides is 1. The molecule has 1 aromatic rings. The lowest BCUT2D eigenvalue weighted by Gasteiger charge is -2.30. The zero-order chi connectivity index (χ0) is 13.8. The van der Waals surface area contributed by atoms with Gasteiger partial charge in [-0.2, -0.15) is 0 Å². The molecule has 0 saturated carbocycles. The Balaban J connectivity index is 1.94. The highest BCUT2D eigenvalue weighted by Crippen LogP contribution is 2.22. The van der Waals surface area contributed by atoms with Gasteiger partial charge in [0.05, 0.1) is 11.4 Å². The van der Waals surface area contributed by atoms with E-state index in [2.05, 4.69) is 17.3 Å². The molecule has 0 aromatic heterocycles. The first-order chi connectivity index (χ1) is 9.06. The number of piperidine rings is 1. The van der Waals surface area contributed by atoms with Gasteiger partial charge in [-0.15, -0.1) is 0 Å². The molecule has 1 fully saturated rings.